The Morgan fingerprint density at radius 2 is 1.89 bits per heavy atom. The number of hydrogen-bond acceptors (Lipinski definition) is 7. The van der Waals surface area contributed by atoms with Gasteiger partial charge < -0.3 is 23.9 Å². The smallest absolute Gasteiger partial charge is 0.290 e. The Labute approximate surface area is 201 Å². The molecule has 0 bridgehead atoms. The second-order valence-electron chi connectivity index (χ2n) is 8.02. The van der Waals surface area contributed by atoms with Gasteiger partial charge in [-0.3, -0.25) is 14.6 Å². The van der Waals surface area contributed by atoms with Gasteiger partial charge >= 0.3 is 0 Å². The van der Waals surface area contributed by atoms with Crippen molar-refractivity contribution >= 4 is 22.7 Å². The lowest BCUT2D eigenvalue weighted by atomic mass is 9.98. The summed E-state index contributed by atoms with van der Waals surface area (Å²) in [7, 11) is 3.07. The van der Waals surface area contributed by atoms with E-state index in [9.17, 15) is 14.7 Å². The van der Waals surface area contributed by atoms with Crippen LogP contribution in [0.15, 0.2) is 88.7 Å². The van der Waals surface area contributed by atoms with E-state index in [1.165, 1.54) is 12.0 Å². The lowest BCUT2D eigenvalue weighted by Crippen LogP contribution is -2.31. The van der Waals surface area contributed by atoms with Gasteiger partial charge in [-0.15, -0.1) is 0 Å². The average Bonchev–Trinajstić information content (AvgIpc) is 3.44. The van der Waals surface area contributed by atoms with Gasteiger partial charge in [-0.25, -0.2) is 0 Å². The van der Waals surface area contributed by atoms with Crippen LogP contribution in [0.2, 0.25) is 0 Å². The number of para-hydroxylation sites is 1. The van der Waals surface area contributed by atoms with Crippen LogP contribution in [-0.2, 0) is 11.3 Å². The molecule has 1 atom stereocenters. The van der Waals surface area contributed by atoms with Gasteiger partial charge in [0.15, 0.2) is 22.9 Å². The topological polar surface area (TPSA) is 102 Å². The van der Waals surface area contributed by atoms with Gasteiger partial charge in [-0.1, -0.05) is 30.3 Å². The molecule has 176 valence electrons. The van der Waals surface area contributed by atoms with Crippen LogP contribution in [0.25, 0.3) is 11.0 Å². The predicted molar refractivity (Wildman–Crippen MR) is 127 cm³/mol. The molecule has 0 saturated heterocycles. The fourth-order valence-corrected chi connectivity index (χ4v) is 4.30. The third-order valence-electron chi connectivity index (χ3n) is 5.95. The van der Waals surface area contributed by atoms with Crippen LogP contribution in [0.4, 0.5) is 0 Å². The number of furan rings is 1. The van der Waals surface area contributed by atoms with E-state index in [2.05, 4.69) is 4.98 Å². The van der Waals surface area contributed by atoms with E-state index < -0.39 is 23.5 Å². The standard InChI is InChI=1S/C27H22N2O6/c1-33-18-9-5-7-16(13-18)15-29-23(19-10-3-4-12-28-19)22(25(31)27(29)32)24(30)21-14-17-8-6-11-20(34-2)26(17)35-21/h3-14,23,31H,15H2,1-2H3. The number of carbonyl (C=O) groups excluding carboxylic acids is 2. The molecule has 1 amide bonds. The number of nitrogens with zero attached hydrogens (tertiary/aromatic N) is 2. The highest BCUT2D eigenvalue weighted by Crippen LogP contribution is 2.40. The van der Waals surface area contributed by atoms with E-state index in [0.29, 0.717) is 28.2 Å². The Morgan fingerprint density at radius 1 is 1.06 bits per heavy atom. The molecule has 2 aromatic carbocycles. The summed E-state index contributed by atoms with van der Waals surface area (Å²) < 4.78 is 16.4. The summed E-state index contributed by atoms with van der Waals surface area (Å²) in [5.74, 6) is -0.793. The molecule has 5 rings (SSSR count). The summed E-state index contributed by atoms with van der Waals surface area (Å²) in [6.45, 7) is 0.131. The van der Waals surface area contributed by atoms with Gasteiger partial charge in [-0.05, 0) is 42.0 Å². The van der Waals surface area contributed by atoms with Gasteiger partial charge in [0.25, 0.3) is 5.91 Å². The number of Topliss-reactive ketones (excluding diaryl/α,β-unsaturated/α-hetero) is 1. The zero-order chi connectivity index (χ0) is 24.5. The average molecular weight is 470 g/mol. The monoisotopic (exact) mass is 470 g/mol. The molecule has 1 aliphatic heterocycles. The minimum atomic E-state index is -0.905. The van der Waals surface area contributed by atoms with Crippen molar-refractivity contribution < 1.29 is 28.6 Å². The molecule has 1 aliphatic rings. The summed E-state index contributed by atoms with van der Waals surface area (Å²) in [4.78, 5) is 32.7. The normalized spacial score (nSPS) is 15.7. The Kier molecular flexibility index (Phi) is 5.70. The number of aliphatic hydroxyl groups excluding tert-OH is 1. The Balaban J connectivity index is 1.58. The number of ketones is 1. The Hall–Kier alpha value is -4.59. The first kappa shape index (κ1) is 22.2. The second-order valence-corrected chi connectivity index (χ2v) is 8.02. The van der Waals surface area contributed by atoms with Crippen molar-refractivity contribution in [1.29, 1.82) is 0 Å². The fourth-order valence-electron chi connectivity index (χ4n) is 4.30. The van der Waals surface area contributed by atoms with Crippen molar-refractivity contribution in [2.45, 2.75) is 12.6 Å². The maximum absolute atomic E-state index is 13.7. The van der Waals surface area contributed by atoms with Crippen LogP contribution in [0.1, 0.15) is 27.9 Å². The quantitative estimate of drug-likeness (QED) is 0.393. The molecule has 35 heavy (non-hydrogen) atoms. The van der Waals surface area contributed by atoms with Crippen LogP contribution in [-0.4, -0.2) is 40.9 Å². The zero-order valence-electron chi connectivity index (χ0n) is 19.1. The number of rotatable bonds is 7. The van der Waals surface area contributed by atoms with E-state index in [1.807, 2.05) is 12.1 Å². The van der Waals surface area contributed by atoms with Crippen LogP contribution in [0.3, 0.4) is 0 Å². The van der Waals surface area contributed by atoms with Gasteiger partial charge in [0, 0.05) is 18.1 Å². The lowest BCUT2D eigenvalue weighted by molar-refractivity contribution is -0.130. The number of amides is 1. The minimum absolute atomic E-state index is 0.0111. The lowest BCUT2D eigenvalue weighted by Gasteiger charge is -2.26. The SMILES string of the molecule is COc1cccc(CN2C(=O)C(O)=C(C(=O)c3cc4cccc(OC)c4o3)C2c2ccccn2)c1. The van der Waals surface area contributed by atoms with Crippen molar-refractivity contribution in [2.24, 2.45) is 0 Å². The van der Waals surface area contributed by atoms with Gasteiger partial charge in [0.2, 0.25) is 5.78 Å². The Bertz CT molecular complexity index is 1460. The molecule has 1 N–H and O–H groups in total. The second kappa shape index (κ2) is 8.98. The molecule has 0 spiro atoms. The highest BCUT2D eigenvalue weighted by molar-refractivity contribution is 6.16. The van der Waals surface area contributed by atoms with Crippen molar-refractivity contribution in [3.63, 3.8) is 0 Å². The molecule has 2 aromatic heterocycles. The van der Waals surface area contributed by atoms with Crippen LogP contribution in [0.5, 0.6) is 11.5 Å². The van der Waals surface area contributed by atoms with Crippen LogP contribution in [0, 0.1) is 0 Å². The summed E-state index contributed by atoms with van der Waals surface area (Å²) in [5, 5.41) is 11.6. The van der Waals surface area contributed by atoms with Crippen LogP contribution < -0.4 is 9.47 Å². The third-order valence-corrected chi connectivity index (χ3v) is 5.95. The van der Waals surface area contributed by atoms with E-state index in [-0.39, 0.29) is 17.9 Å². The summed E-state index contributed by atoms with van der Waals surface area (Å²) in [5.41, 5.74) is 1.54. The van der Waals surface area contributed by atoms with Crippen molar-refractivity contribution in [3.8, 4) is 11.5 Å². The fraction of sp³-hybridized carbons (Fsp3) is 0.148. The first-order valence-electron chi connectivity index (χ1n) is 10.9. The molecule has 0 saturated carbocycles. The minimum Gasteiger partial charge on any atom is -0.503 e. The molecular weight excluding hydrogens is 448 g/mol. The maximum atomic E-state index is 13.7. The number of aliphatic hydroxyl groups is 1. The third kappa shape index (κ3) is 3.89. The number of pyridine rings is 1. The van der Waals surface area contributed by atoms with Gasteiger partial charge in [-0.2, -0.15) is 0 Å². The highest BCUT2D eigenvalue weighted by atomic mass is 16.5. The van der Waals surface area contributed by atoms with Crippen molar-refractivity contribution in [1.82, 2.24) is 9.88 Å². The summed E-state index contributed by atoms with van der Waals surface area (Å²) in [6, 6.07) is 18.4. The first-order chi connectivity index (χ1) is 17.0. The largest absolute Gasteiger partial charge is 0.503 e. The first-order valence-corrected chi connectivity index (χ1v) is 10.9. The molecule has 0 fully saturated rings. The molecule has 3 heterocycles. The van der Waals surface area contributed by atoms with E-state index >= 15 is 0 Å². The number of aromatic nitrogens is 1. The number of fused-ring (bicyclic) bond motifs is 1. The van der Waals surface area contributed by atoms with Crippen molar-refractivity contribution in [3.05, 3.63) is 101 Å². The van der Waals surface area contributed by atoms with E-state index in [0.717, 1.165) is 5.56 Å². The van der Waals surface area contributed by atoms with E-state index in [4.69, 9.17) is 13.9 Å². The maximum Gasteiger partial charge on any atom is 0.290 e. The zero-order valence-corrected chi connectivity index (χ0v) is 19.1. The number of ether oxygens (including phenoxy) is 2. The highest BCUT2D eigenvalue weighted by Gasteiger charge is 2.45. The summed E-state index contributed by atoms with van der Waals surface area (Å²) >= 11 is 0. The molecule has 8 heteroatoms. The summed E-state index contributed by atoms with van der Waals surface area (Å²) in [6.07, 6.45) is 1.58. The molecule has 8 nitrogen and oxygen atoms in total. The molecule has 0 aliphatic carbocycles. The molecule has 0 radical (unpaired) electrons. The van der Waals surface area contributed by atoms with Gasteiger partial charge in [0.05, 0.1) is 25.5 Å². The number of hydrogen-bond donors (Lipinski definition) is 1. The number of benzene rings is 2. The van der Waals surface area contributed by atoms with E-state index in [1.54, 1.807) is 67.9 Å². The molecule has 4 aromatic rings. The number of methoxy groups -OCH3 is 2. The number of carbonyl (C=O) groups is 2. The predicted octanol–water partition coefficient (Wildman–Crippen LogP) is 4.62. The van der Waals surface area contributed by atoms with Gasteiger partial charge in [0.1, 0.15) is 11.8 Å². The van der Waals surface area contributed by atoms with Crippen LogP contribution >= 0.6 is 0 Å². The molecular formula is C27H22N2O6. The van der Waals surface area contributed by atoms with Crippen molar-refractivity contribution in [2.75, 3.05) is 14.2 Å². The Morgan fingerprint density at radius 3 is 2.63 bits per heavy atom. The molecule has 1 unspecified atom stereocenters.